The zero-order chi connectivity index (χ0) is 18.8. The first-order valence-electron chi connectivity index (χ1n) is 10.2. The third-order valence-corrected chi connectivity index (χ3v) is 7.85. The monoisotopic (exact) mass is 407 g/mol. The molecule has 2 aromatic carbocycles. The molecule has 0 radical (unpaired) electrons. The summed E-state index contributed by atoms with van der Waals surface area (Å²) < 4.78 is 6.07. The Morgan fingerprint density at radius 2 is 1.54 bits per heavy atom. The molecule has 1 aromatic heterocycles. The number of ether oxygens (including phenoxy) is 1. The van der Waals surface area contributed by atoms with Crippen molar-refractivity contribution in [2.45, 2.75) is 35.7 Å². The van der Waals surface area contributed by atoms with E-state index in [-0.39, 0.29) is 0 Å². The molecule has 5 rings (SSSR count). The minimum atomic E-state index is 0.711. The Morgan fingerprint density at radius 1 is 0.821 bits per heavy atom. The van der Waals surface area contributed by atoms with Gasteiger partial charge in [0.15, 0.2) is 0 Å². The largest absolute Gasteiger partial charge is 0.375 e. The van der Waals surface area contributed by atoms with Crippen LogP contribution in [0.1, 0.15) is 24.1 Å². The number of piperidine rings is 1. The number of rotatable bonds is 5. The molecule has 2 aliphatic heterocycles. The normalized spacial score (nSPS) is 16.1. The lowest BCUT2D eigenvalue weighted by Gasteiger charge is -2.26. The summed E-state index contributed by atoms with van der Waals surface area (Å²) in [5.41, 5.74) is 4.05. The third-order valence-electron chi connectivity index (χ3n) is 5.56. The molecule has 3 aromatic rings. The fraction of sp³-hybridized carbons (Fsp3) is 0.333. The molecule has 0 unspecified atom stereocenters. The van der Waals surface area contributed by atoms with Crippen LogP contribution in [0.25, 0.3) is 21.6 Å². The van der Waals surface area contributed by atoms with Crippen molar-refractivity contribution in [1.29, 1.82) is 0 Å². The molecule has 1 saturated heterocycles. The van der Waals surface area contributed by atoms with Crippen LogP contribution in [0, 0.1) is 0 Å². The van der Waals surface area contributed by atoms with Gasteiger partial charge in [0.2, 0.25) is 0 Å². The predicted molar refractivity (Wildman–Crippen MR) is 119 cm³/mol. The van der Waals surface area contributed by atoms with Crippen molar-refractivity contribution in [3.8, 4) is 21.6 Å². The summed E-state index contributed by atoms with van der Waals surface area (Å²) >= 11 is 3.77. The fourth-order valence-electron chi connectivity index (χ4n) is 4.10. The van der Waals surface area contributed by atoms with Crippen LogP contribution in [0.4, 0.5) is 0 Å². The van der Waals surface area contributed by atoms with Gasteiger partial charge in [0, 0.05) is 37.2 Å². The quantitative estimate of drug-likeness (QED) is 0.348. The SMILES string of the molecule is c1ccc2c(c1)Sc1ccccc1-c1sc(COCCN3CCCCC3)cc1-2. The smallest absolute Gasteiger partial charge is 0.0810 e. The minimum absolute atomic E-state index is 0.711. The second-order valence-corrected chi connectivity index (χ2v) is 9.73. The van der Waals surface area contributed by atoms with Crippen LogP contribution in [0.5, 0.6) is 0 Å². The van der Waals surface area contributed by atoms with E-state index in [1.54, 1.807) is 0 Å². The van der Waals surface area contributed by atoms with Crippen LogP contribution in [-0.4, -0.2) is 31.1 Å². The zero-order valence-corrected chi connectivity index (χ0v) is 17.7. The van der Waals surface area contributed by atoms with Crippen LogP contribution in [0.2, 0.25) is 0 Å². The maximum atomic E-state index is 6.07. The van der Waals surface area contributed by atoms with E-state index < -0.39 is 0 Å². The highest BCUT2D eigenvalue weighted by molar-refractivity contribution is 7.99. The van der Waals surface area contributed by atoms with Gasteiger partial charge in [-0.25, -0.2) is 0 Å². The van der Waals surface area contributed by atoms with E-state index in [2.05, 4.69) is 59.5 Å². The zero-order valence-electron chi connectivity index (χ0n) is 16.0. The summed E-state index contributed by atoms with van der Waals surface area (Å²) in [5, 5.41) is 0. The van der Waals surface area contributed by atoms with E-state index >= 15 is 0 Å². The molecule has 3 heterocycles. The van der Waals surface area contributed by atoms with Crippen molar-refractivity contribution >= 4 is 23.1 Å². The maximum Gasteiger partial charge on any atom is 0.0810 e. The molecule has 0 N–H and O–H groups in total. The Balaban J connectivity index is 1.36. The lowest BCUT2D eigenvalue weighted by atomic mass is 10.0. The van der Waals surface area contributed by atoms with Gasteiger partial charge in [-0.2, -0.15) is 0 Å². The second-order valence-electron chi connectivity index (χ2n) is 7.50. The Kier molecular flexibility index (Phi) is 5.54. The van der Waals surface area contributed by atoms with Crippen molar-refractivity contribution in [3.05, 3.63) is 59.5 Å². The summed E-state index contributed by atoms with van der Waals surface area (Å²) in [6, 6.07) is 19.9. The summed E-state index contributed by atoms with van der Waals surface area (Å²) in [6.07, 6.45) is 4.07. The van der Waals surface area contributed by atoms with Crippen molar-refractivity contribution < 1.29 is 4.74 Å². The Bertz CT molecular complexity index is 896. The van der Waals surface area contributed by atoms with E-state index in [0.29, 0.717) is 6.61 Å². The summed E-state index contributed by atoms with van der Waals surface area (Å²) in [5.74, 6) is 0. The summed E-state index contributed by atoms with van der Waals surface area (Å²) in [6.45, 7) is 5.08. The van der Waals surface area contributed by atoms with E-state index in [4.69, 9.17) is 4.74 Å². The van der Waals surface area contributed by atoms with Gasteiger partial charge in [0.05, 0.1) is 13.2 Å². The van der Waals surface area contributed by atoms with Gasteiger partial charge in [-0.15, -0.1) is 11.3 Å². The van der Waals surface area contributed by atoms with E-state index in [1.807, 2.05) is 23.1 Å². The highest BCUT2D eigenvalue weighted by Gasteiger charge is 2.22. The fourth-order valence-corrected chi connectivity index (χ4v) is 6.41. The van der Waals surface area contributed by atoms with E-state index in [9.17, 15) is 0 Å². The molecule has 0 amide bonds. The topological polar surface area (TPSA) is 12.5 Å². The number of benzene rings is 2. The molecular weight excluding hydrogens is 382 g/mol. The van der Waals surface area contributed by atoms with Gasteiger partial charge in [-0.1, -0.05) is 54.6 Å². The van der Waals surface area contributed by atoms with Gasteiger partial charge in [0.25, 0.3) is 0 Å². The highest BCUT2D eigenvalue weighted by atomic mass is 32.2. The van der Waals surface area contributed by atoms with E-state index in [1.165, 1.54) is 68.6 Å². The molecule has 0 saturated carbocycles. The van der Waals surface area contributed by atoms with Gasteiger partial charge >= 0.3 is 0 Å². The van der Waals surface area contributed by atoms with Crippen molar-refractivity contribution in [3.63, 3.8) is 0 Å². The molecule has 28 heavy (non-hydrogen) atoms. The first-order chi connectivity index (χ1) is 13.9. The van der Waals surface area contributed by atoms with Crippen LogP contribution in [-0.2, 0) is 11.3 Å². The minimum Gasteiger partial charge on any atom is -0.375 e. The van der Waals surface area contributed by atoms with Crippen LogP contribution in [0.3, 0.4) is 0 Å². The van der Waals surface area contributed by atoms with E-state index in [0.717, 1.165) is 13.2 Å². The molecule has 0 bridgehead atoms. The maximum absolute atomic E-state index is 6.07. The van der Waals surface area contributed by atoms with Crippen molar-refractivity contribution in [1.82, 2.24) is 4.90 Å². The molecule has 2 aliphatic rings. The summed E-state index contributed by atoms with van der Waals surface area (Å²) in [4.78, 5) is 7.91. The molecule has 0 aliphatic carbocycles. The number of hydrogen-bond donors (Lipinski definition) is 0. The number of hydrogen-bond acceptors (Lipinski definition) is 4. The molecule has 0 atom stereocenters. The molecule has 0 spiro atoms. The second kappa shape index (κ2) is 8.42. The number of nitrogens with zero attached hydrogens (tertiary/aromatic N) is 1. The lowest BCUT2D eigenvalue weighted by Crippen LogP contribution is -2.32. The van der Waals surface area contributed by atoms with Gasteiger partial charge < -0.3 is 9.64 Å². The van der Waals surface area contributed by atoms with Crippen molar-refractivity contribution in [2.75, 3.05) is 26.2 Å². The first-order valence-corrected chi connectivity index (χ1v) is 11.8. The van der Waals surface area contributed by atoms with Gasteiger partial charge in [-0.3, -0.25) is 0 Å². The molecule has 4 heteroatoms. The Morgan fingerprint density at radius 3 is 2.36 bits per heavy atom. The molecular formula is C24H25NOS2. The van der Waals surface area contributed by atoms with Crippen LogP contribution < -0.4 is 0 Å². The number of likely N-dealkylation sites (tertiary alicyclic amines) is 1. The standard InChI is InChI=1S/C24H25NOS2/c1-6-12-25(13-7-1)14-15-26-17-18-16-21-19-8-2-4-10-22(19)28-23-11-5-3-9-20(23)24(21)27-18/h2-5,8-11,16H,1,6-7,12-15,17H2. The predicted octanol–water partition coefficient (Wildman–Crippen LogP) is 6.55. The Hall–Kier alpha value is -1.59. The average molecular weight is 408 g/mol. The van der Waals surface area contributed by atoms with Crippen molar-refractivity contribution in [2.24, 2.45) is 0 Å². The molecule has 1 fully saturated rings. The van der Waals surface area contributed by atoms with Crippen LogP contribution in [0.15, 0.2) is 64.4 Å². The van der Waals surface area contributed by atoms with Gasteiger partial charge in [-0.05, 0) is 49.7 Å². The lowest BCUT2D eigenvalue weighted by molar-refractivity contribution is 0.0878. The number of fused-ring (bicyclic) bond motifs is 5. The first kappa shape index (κ1) is 18.4. The third kappa shape index (κ3) is 3.79. The Labute approximate surface area is 175 Å². The number of thiophene rings is 1. The molecule has 2 nitrogen and oxygen atoms in total. The molecule has 144 valence electrons. The average Bonchev–Trinajstić information content (AvgIpc) is 3.11. The highest BCUT2D eigenvalue weighted by Crippen LogP contribution is 2.50. The van der Waals surface area contributed by atoms with Gasteiger partial charge in [0.1, 0.15) is 0 Å². The summed E-state index contributed by atoms with van der Waals surface area (Å²) in [7, 11) is 0. The van der Waals surface area contributed by atoms with Crippen LogP contribution >= 0.6 is 23.1 Å².